The Bertz CT molecular complexity index is 486. The number of benzene rings is 1. The molecule has 1 aromatic carbocycles. The van der Waals surface area contributed by atoms with E-state index in [1.807, 2.05) is 26.0 Å². The first kappa shape index (κ1) is 15.0. The molecule has 0 heterocycles. The second-order valence-corrected chi connectivity index (χ2v) is 6.98. The predicted molar refractivity (Wildman–Crippen MR) is 79.8 cm³/mol. The van der Waals surface area contributed by atoms with E-state index in [9.17, 15) is 4.79 Å². The lowest BCUT2D eigenvalue weighted by Gasteiger charge is -2.20. The van der Waals surface area contributed by atoms with Gasteiger partial charge in [-0.1, -0.05) is 30.7 Å². The van der Waals surface area contributed by atoms with E-state index >= 15 is 0 Å². The van der Waals surface area contributed by atoms with Crippen LogP contribution in [0, 0.1) is 5.41 Å². The van der Waals surface area contributed by atoms with Crippen LogP contribution >= 0.6 is 34.8 Å². The lowest BCUT2D eigenvalue weighted by Crippen LogP contribution is -2.36. The molecule has 1 N–H and O–H groups in total. The highest BCUT2D eigenvalue weighted by molar-refractivity contribution is 6.53. The van der Waals surface area contributed by atoms with Gasteiger partial charge in [0, 0.05) is 5.02 Å². The van der Waals surface area contributed by atoms with Gasteiger partial charge in [-0.25, -0.2) is 0 Å². The number of rotatable bonds is 4. The molecular weight excluding hydrogens is 305 g/mol. The van der Waals surface area contributed by atoms with Crippen LogP contribution in [-0.2, 0) is 4.79 Å². The molecule has 0 aromatic heterocycles. The second-order valence-electron chi connectivity index (χ2n) is 5.06. The highest BCUT2D eigenvalue weighted by Crippen LogP contribution is 2.66. The van der Waals surface area contributed by atoms with Gasteiger partial charge >= 0.3 is 0 Å². The van der Waals surface area contributed by atoms with E-state index in [1.165, 1.54) is 0 Å². The third-order valence-corrected chi connectivity index (χ3v) is 5.10. The first-order valence-corrected chi connectivity index (χ1v) is 7.40. The summed E-state index contributed by atoms with van der Waals surface area (Å²) in [6.07, 6.45) is 1.15. The van der Waals surface area contributed by atoms with Gasteiger partial charge in [0.1, 0.15) is 4.33 Å². The van der Waals surface area contributed by atoms with Crippen LogP contribution in [-0.4, -0.2) is 10.2 Å². The number of hydrogen-bond acceptors (Lipinski definition) is 1. The molecule has 0 aliphatic heterocycles. The summed E-state index contributed by atoms with van der Waals surface area (Å²) in [7, 11) is 0. The molecular formula is C14H16Cl3NO. The molecule has 1 aromatic rings. The molecule has 2 rings (SSSR count). The van der Waals surface area contributed by atoms with Crippen LogP contribution in [0.4, 0.5) is 0 Å². The number of nitrogens with one attached hydrogen (secondary N) is 1. The molecule has 0 bridgehead atoms. The standard InChI is InChI=1S/C14H16Cl3NO/c1-3-13(8-14(13,16)17)12(19)18-9(2)10-4-6-11(15)7-5-10/h4-7,9H,3,8H2,1-2H3,(H,18,19). The Morgan fingerprint density at radius 3 is 2.32 bits per heavy atom. The summed E-state index contributed by atoms with van der Waals surface area (Å²) in [5, 5.41) is 3.65. The Hall–Kier alpha value is -0.440. The summed E-state index contributed by atoms with van der Waals surface area (Å²) in [6.45, 7) is 3.86. The van der Waals surface area contributed by atoms with Crippen molar-refractivity contribution in [3.63, 3.8) is 0 Å². The number of halogens is 3. The van der Waals surface area contributed by atoms with Gasteiger partial charge in [0.25, 0.3) is 0 Å². The van der Waals surface area contributed by atoms with Gasteiger partial charge in [-0.15, -0.1) is 23.2 Å². The molecule has 1 aliphatic carbocycles. The van der Waals surface area contributed by atoms with Crippen molar-refractivity contribution in [1.29, 1.82) is 0 Å². The molecule has 104 valence electrons. The fraction of sp³-hybridized carbons (Fsp3) is 0.500. The molecule has 19 heavy (non-hydrogen) atoms. The van der Waals surface area contributed by atoms with E-state index in [2.05, 4.69) is 5.32 Å². The van der Waals surface area contributed by atoms with Crippen molar-refractivity contribution in [3.05, 3.63) is 34.9 Å². The van der Waals surface area contributed by atoms with Crippen LogP contribution in [0.1, 0.15) is 38.3 Å². The van der Waals surface area contributed by atoms with E-state index in [0.717, 1.165) is 5.56 Å². The van der Waals surface area contributed by atoms with Crippen LogP contribution < -0.4 is 5.32 Å². The molecule has 1 amide bonds. The largest absolute Gasteiger partial charge is 0.349 e. The molecule has 2 nitrogen and oxygen atoms in total. The predicted octanol–water partition coefficient (Wildman–Crippen LogP) is 4.49. The summed E-state index contributed by atoms with van der Waals surface area (Å²) in [5.41, 5.74) is 0.357. The van der Waals surface area contributed by atoms with Crippen LogP contribution in [0.5, 0.6) is 0 Å². The summed E-state index contributed by atoms with van der Waals surface area (Å²) >= 11 is 18.0. The van der Waals surface area contributed by atoms with Gasteiger partial charge in [-0.2, -0.15) is 0 Å². The smallest absolute Gasteiger partial charge is 0.229 e. The van der Waals surface area contributed by atoms with Gasteiger partial charge in [0.15, 0.2) is 0 Å². The Morgan fingerprint density at radius 1 is 1.37 bits per heavy atom. The number of hydrogen-bond donors (Lipinski definition) is 1. The zero-order valence-electron chi connectivity index (χ0n) is 10.8. The van der Waals surface area contributed by atoms with Crippen LogP contribution in [0.25, 0.3) is 0 Å². The summed E-state index contributed by atoms with van der Waals surface area (Å²) in [4.78, 5) is 12.3. The monoisotopic (exact) mass is 319 g/mol. The minimum atomic E-state index is -0.925. The maximum Gasteiger partial charge on any atom is 0.229 e. The van der Waals surface area contributed by atoms with Gasteiger partial charge in [0.05, 0.1) is 11.5 Å². The van der Waals surface area contributed by atoms with Gasteiger partial charge in [-0.3, -0.25) is 4.79 Å². The molecule has 1 aliphatic rings. The molecule has 1 fully saturated rings. The van der Waals surface area contributed by atoms with Gasteiger partial charge in [0.2, 0.25) is 5.91 Å². The topological polar surface area (TPSA) is 29.1 Å². The quantitative estimate of drug-likeness (QED) is 0.814. The SMILES string of the molecule is CCC1(C(=O)NC(C)c2ccc(Cl)cc2)CC1(Cl)Cl. The Balaban J connectivity index is 2.05. The summed E-state index contributed by atoms with van der Waals surface area (Å²) < 4.78 is -0.925. The number of alkyl halides is 2. The van der Waals surface area contributed by atoms with Crippen molar-refractivity contribution in [1.82, 2.24) is 5.32 Å². The third-order valence-electron chi connectivity index (χ3n) is 3.85. The van der Waals surface area contributed by atoms with Gasteiger partial charge < -0.3 is 5.32 Å². The van der Waals surface area contributed by atoms with Crippen molar-refractivity contribution in [2.24, 2.45) is 5.41 Å². The number of carbonyl (C=O) groups excluding carboxylic acids is 1. The zero-order chi connectivity index (χ0) is 14.3. The molecule has 2 atom stereocenters. The minimum Gasteiger partial charge on any atom is -0.349 e. The third kappa shape index (κ3) is 2.72. The van der Waals surface area contributed by atoms with E-state index in [1.54, 1.807) is 12.1 Å². The van der Waals surface area contributed by atoms with Crippen molar-refractivity contribution < 1.29 is 4.79 Å². The van der Waals surface area contributed by atoms with E-state index in [0.29, 0.717) is 17.9 Å². The van der Waals surface area contributed by atoms with Crippen LogP contribution in [0.2, 0.25) is 5.02 Å². The fourth-order valence-corrected chi connectivity index (χ4v) is 3.32. The lowest BCUT2D eigenvalue weighted by molar-refractivity contribution is -0.127. The maximum atomic E-state index is 12.3. The van der Waals surface area contributed by atoms with Gasteiger partial charge in [-0.05, 0) is 37.5 Å². The number of carbonyl (C=O) groups is 1. The van der Waals surface area contributed by atoms with Crippen molar-refractivity contribution >= 4 is 40.7 Å². The zero-order valence-corrected chi connectivity index (χ0v) is 13.1. The average Bonchev–Trinajstić information content (AvgIpc) is 2.93. The van der Waals surface area contributed by atoms with Crippen LogP contribution in [0.3, 0.4) is 0 Å². The molecule has 0 radical (unpaired) electrons. The summed E-state index contributed by atoms with van der Waals surface area (Å²) in [5.74, 6) is -0.0811. The molecule has 0 saturated heterocycles. The Labute approximate surface area is 128 Å². The van der Waals surface area contributed by atoms with Crippen molar-refractivity contribution in [2.75, 3.05) is 0 Å². The highest BCUT2D eigenvalue weighted by atomic mass is 35.5. The fourth-order valence-electron chi connectivity index (χ4n) is 2.29. The normalized spacial score (nSPS) is 25.7. The molecule has 5 heteroatoms. The molecule has 1 saturated carbocycles. The van der Waals surface area contributed by atoms with Crippen molar-refractivity contribution in [2.45, 2.75) is 37.1 Å². The lowest BCUT2D eigenvalue weighted by atomic mass is 10.0. The first-order chi connectivity index (χ1) is 8.82. The minimum absolute atomic E-state index is 0.0811. The molecule has 0 spiro atoms. The second kappa shape index (κ2) is 5.16. The highest BCUT2D eigenvalue weighted by Gasteiger charge is 2.69. The van der Waals surface area contributed by atoms with E-state index in [4.69, 9.17) is 34.8 Å². The van der Waals surface area contributed by atoms with Crippen molar-refractivity contribution in [3.8, 4) is 0 Å². The maximum absolute atomic E-state index is 12.3. The molecule has 2 unspecified atom stereocenters. The van der Waals surface area contributed by atoms with Crippen LogP contribution in [0.15, 0.2) is 24.3 Å². The Morgan fingerprint density at radius 2 is 1.89 bits per heavy atom. The first-order valence-electron chi connectivity index (χ1n) is 6.26. The number of amides is 1. The average molecular weight is 321 g/mol. The van der Waals surface area contributed by atoms with E-state index < -0.39 is 9.75 Å². The van der Waals surface area contributed by atoms with E-state index in [-0.39, 0.29) is 11.9 Å². The Kier molecular flexibility index (Phi) is 4.06. The summed E-state index contributed by atoms with van der Waals surface area (Å²) in [6, 6.07) is 7.30.